The Morgan fingerprint density at radius 3 is 2.28 bits per heavy atom. The van der Waals surface area contributed by atoms with Gasteiger partial charge in [-0.3, -0.25) is 4.55 Å². The highest BCUT2D eigenvalue weighted by atomic mass is 35.5. The third kappa shape index (κ3) is 5.37. The summed E-state index contributed by atoms with van der Waals surface area (Å²) in [6.45, 7) is 0. The molecule has 0 fully saturated rings. The number of primary sulfonamides is 1. The number of nitrogens with two attached hydrogens (primary N) is 1. The van der Waals surface area contributed by atoms with Crippen LogP contribution in [-0.2, 0) is 27.5 Å². The summed E-state index contributed by atoms with van der Waals surface area (Å²) in [4.78, 5) is 3.19. The van der Waals surface area contributed by atoms with Crippen molar-refractivity contribution in [1.82, 2.24) is 4.98 Å². The fraction of sp³-hybridized carbons (Fsp3) is 0.0556. The number of halogens is 4. The van der Waals surface area contributed by atoms with Crippen molar-refractivity contribution < 1.29 is 35.1 Å². The molecule has 0 bridgehead atoms. The van der Waals surface area contributed by atoms with Gasteiger partial charge in [0.05, 0.1) is 16.9 Å². The van der Waals surface area contributed by atoms with Crippen molar-refractivity contribution in [3.8, 4) is 11.6 Å². The molecular weight excluding hydrogens is 495 g/mol. The van der Waals surface area contributed by atoms with Crippen molar-refractivity contribution in [3.63, 3.8) is 0 Å². The third-order valence-electron chi connectivity index (χ3n) is 3.97. The van der Waals surface area contributed by atoms with Gasteiger partial charge in [0.15, 0.2) is 0 Å². The Hall–Kier alpha value is -2.71. The Kier molecular flexibility index (Phi) is 6.76. The number of para-hydroxylation sites is 1. The van der Waals surface area contributed by atoms with Gasteiger partial charge in [-0.1, -0.05) is 23.7 Å². The fourth-order valence-corrected chi connectivity index (χ4v) is 4.21. The molecule has 3 rings (SSSR count). The minimum Gasteiger partial charge on any atom is -0.438 e. The second-order valence-electron chi connectivity index (χ2n) is 6.14. The SMILES string of the molecule is NS(=O)(=O)c1ccccc1N(c1ccc(Oc2ncc(C(F)(F)F)cc2Cl)cc1)S(=O)O. The lowest BCUT2D eigenvalue weighted by Crippen LogP contribution is -2.23. The van der Waals surface area contributed by atoms with E-state index in [-0.39, 0.29) is 32.9 Å². The highest BCUT2D eigenvalue weighted by Gasteiger charge is 2.32. The second kappa shape index (κ2) is 9.03. The molecule has 0 aliphatic heterocycles. The van der Waals surface area contributed by atoms with Crippen molar-refractivity contribution in [3.05, 3.63) is 71.4 Å². The van der Waals surface area contributed by atoms with Gasteiger partial charge in [0, 0.05) is 6.20 Å². The van der Waals surface area contributed by atoms with Crippen molar-refractivity contribution in [2.45, 2.75) is 11.1 Å². The van der Waals surface area contributed by atoms with E-state index in [9.17, 15) is 30.4 Å². The number of hydrogen-bond acceptors (Lipinski definition) is 5. The summed E-state index contributed by atoms with van der Waals surface area (Å²) in [7, 11) is -4.20. The number of ether oxygens (including phenoxy) is 1. The van der Waals surface area contributed by atoms with E-state index in [2.05, 4.69) is 4.98 Å². The lowest BCUT2D eigenvalue weighted by Gasteiger charge is -2.22. The largest absolute Gasteiger partial charge is 0.438 e. The zero-order valence-corrected chi connectivity index (χ0v) is 18.0. The number of rotatable bonds is 6. The highest BCUT2D eigenvalue weighted by molar-refractivity contribution is 7.89. The van der Waals surface area contributed by atoms with Crippen LogP contribution in [0.15, 0.2) is 65.7 Å². The lowest BCUT2D eigenvalue weighted by molar-refractivity contribution is -0.137. The molecule has 0 aliphatic carbocycles. The van der Waals surface area contributed by atoms with E-state index in [1.807, 2.05) is 0 Å². The number of hydrogen-bond donors (Lipinski definition) is 2. The van der Waals surface area contributed by atoms with E-state index < -0.39 is 33.0 Å². The number of nitrogens with zero attached hydrogens (tertiary/aromatic N) is 2. The van der Waals surface area contributed by atoms with Crippen LogP contribution >= 0.6 is 11.6 Å². The number of pyridine rings is 1. The topological polar surface area (TPSA) is 123 Å². The van der Waals surface area contributed by atoms with Crippen LogP contribution in [0, 0.1) is 0 Å². The van der Waals surface area contributed by atoms with Crippen LogP contribution in [0.1, 0.15) is 5.56 Å². The minimum atomic E-state index is -4.62. The first kappa shape index (κ1) is 23.9. The Labute approximate surface area is 187 Å². The van der Waals surface area contributed by atoms with E-state index >= 15 is 0 Å². The van der Waals surface area contributed by atoms with Gasteiger partial charge < -0.3 is 4.74 Å². The zero-order valence-electron chi connectivity index (χ0n) is 15.7. The maximum Gasteiger partial charge on any atom is 0.417 e. The molecular formula is C18H13ClF3N3O5S2. The Morgan fingerprint density at radius 1 is 1.12 bits per heavy atom. The second-order valence-corrected chi connectivity index (χ2v) is 8.91. The summed E-state index contributed by atoms with van der Waals surface area (Å²) in [5, 5.41) is 4.82. The van der Waals surface area contributed by atoms with E-state index in [0.29, 0.717) is 12.3 Å². The van der Waals surface area contributed by atoms with E-state index in [1.165, 1.54) is 48.5 Å². The molecule has 0 saturated carbocycles. The molecule has 14 heteroatoms. The summed E-state index contributed by atoms with van der Waals surface area (Å²) in [5.41, 5.74) is -1.09. The first-order chi connectivity index (χ1) is 14.9. The number of aromatic nitrogens is 1. The molecule has 0 radical (unpaired) electrons. The standard InChI is InChI=1S/C18H13ClF3N3O5S2/c19-14-9-11(18(20,21)22)10-24-17(14)30-13-7-5-12(6-8-13)25(31(26)27)15-3-1-2-4-16(15)32(23,28)29/h1-10H,(H,26,27)(H2,23,28,29). The van der Waals surface area contributed by atoms with Crippen LogP contribution in [0.25, 0.3) is 0 Å². The molecule has 0 amide bonds. The quantitative estimate of drug-likeness (QED) is 0.475. The molecule has 1 heterocycles. The average Bonchev–Trinajstić information content (AvgIpc) is 2.69. The van der Waals surface area contributed by atoms with Crippen molar-refractivity contribution in [1.29, 1.82) is 0 Å². The molecule has 0 saturated heterocycles. The molecule has 1 aromatic heterocycles. The molecule has 3 N–H and O–H groups in total. The lowest BCUT2D eigenvalue weighted by atomic mass is 10.2. The summed E-state index contributed by atoms with van der Waals surface area (Å²) in [6, 6.07) is 11.3. The number of alkyl halides is 3. The van der Waals surface area contributed by atoms with Crippen LogP contribution in [0.3, 0.4) is 0 Å². The van der Waals surface area contributed by atoms with Gasteiger partial charge in [-0.05, 0) is 42.5 Å². The highest BCUT2D eigenvalue weighted by Crippen LogP contribution is 2.36. The molecule has 8 nitrogen and oxygen atoms in total. The maximum atomic E-state index is 12.7. The van der Waals surface area contributed by atoms with Gasteiger partial charge in [-0.15, -0.1) is 0 Å². The average molecular weight is 508 g/mol. The number of anilines is 2. The summed E-state index contributed by atoms with van der Waals surface area (Å²) < 4.78 is 89.8. The number of benzene rings is 2. The summed E-state index contributed by atoms with van der Waals surface area (Å²) >= 11 is 3.13. The van der Waals surface area contributed by atoms with E-state index in [1.54, 1.807) is 0 Å². The molecule has 1 unspecified atom stereocenters. The number of sulfonamides is 1. The molecule has 32 heavy (non-hydrogen) atoms. The molecule has 2 aromatic carbocycles. The maximum absolute atomic E-state index is 12.7. The summed E-state index contributed by atoms with van der Waals surface area (Å²) in [5.74, 6) is -0.180. The Bertz CT molecular complexity index is 1270. The van der Waals surface area contributed by atoms with Gasteiger partial charge in [-0.2, -0.15) is 13.2 Å². The van der Waals surface area contributed by atoms with Crippen LogP contribution < -0.4 is 14.2 Å². The Morgan fingerprint density at radius 2 is 1.75 bits per heavy atom. The molecule has 170 valence electrons. The summed E-state index contributed by atoms with van der Waals surface area (Å²) in [6.07, 6.45) is -4.05. The van der Waals surface area contributed by atoms with Crippen LogP contribution in [0.2, 0.25) is 5.02 Å². The van der Waals surface area contributed by atoms with Crippen molar-refractivity contribution in [2.24, 2.45) is 5.14 Å². The monoisotopic (exact) mass is 507 g/mol. The zero-order chi connectivity index (χ0) is 23.7. The van der Waals surface area contributed by atoms with Gasteiger partial charge in [0.1, 0.15) is 15.7 Å². The predicted molar refractivity (Wildman–Crippen MR) is 111 cm³/mol. The van der Waals surface area contributed by atoms with Gasteiger partial charge in [-0.25, -0.2) is 27.1 Å². The van der Waals surface area contributed by atoms with E-state index in [4.69, 9.17) is 21.5 Å². The molecule has 1 atom stereocenters. The molecule has 0 spiro atoms. The fourth-order valence-electron chi connectivity index (χ4n) is 2.60. The minimum absolute atomic E-state index is 0.0979. The Balaban J connectivity index is 1.92. The van der Waals surface area contributed by atoms with Gasteiger partial charge >= 0.3 is 6.18 Å². The third-order valence-corrected chi connectivity index (χ3v) is 5.92. The van der Waals surface area contributed by atoms with Crippen LogP contribution in [0.5, 0.6) is 11.6 Å². The first-order valence-corrected chi connectivity index (χ1v) is 11.4. The van der Waals surface area contributed by atoms with Gasteiger partial charge in [0.2, 0.25) is 15.9 Å². The van der Waals surface area contributed by atoms with Crippen LogP contribution in [-0.4, -0.2) is 22.2 Å². The van der Waals surface area contributed by atoms with Crippen molar-refractivity contribution >= 4 is 44.3 Å². The van der Waals surface area contributed by atoms with E-state index in [0.717, 1.165) is 4.31 Å². The normalized spacial score (nSPS) is 12.9. The van der Waals surface area contributed by atoms with Gasteiger partial charge in [0.25, 0.3) is 11.3 Å². The van der Waals surface area contributed by atoms with Crippen molar-refractivity contribution in [2.75, 3.05) is 4.31 Å². The smallest absolute Gasteiger partial charge is 0.417 e. The predicted octanol–water partition coefficient (Wildman–Crippen LogP) is 4.47. The first-order valence-electron chi connectivity index (χ1n) is 8.41. The molecule has 0 aliphatic rings. The molecule has 3 aromatic rings. The van der Waals surface area contributed by atoms with Crippen LogP contribution in [0.4, 0.5) is 24.5 Å².